The fourth-order valence-corrected chi connectivity index (χ4v) is 3.19. The van der Waals surface area contributed by atoms with Gasteiger partial charge in [0.1, 0.15) is 0 Å². The maximum Gasteiger partial charge on any atom is 0.256 e. The molecule has 0 aliphatic rings. The second kappa shape index (κ2) is 22.4. The largest absolute Gasteiger partial charge is 0.328 e. The van der Waals surface area contributed by atoms with Gasteiger partial charge in [0, 0.05) is 0 Å². The minimum Gasteiger partial charge on any atom is -0.328 e. The molecule has 1 radical (unpaired) electrons. The summed E-state index contributed by atoms with van der Waals surface area (Å²) in [6, 6.07) is 0. The van der Waals surface area contributed by atoms with Crippen LogP contribution in [0.15, 0.2) is 0 Å². The van der Waals surface area contributed by atoms with Gasteiger partial charge >= 0.3 is 0 Å². The maximum atomic E-state index is 5.50. The molecule has 0 fully saturated rings. The van der Waals surface area contributed by atoms with Crippen molar-refractivity contribution >= 4 is 9.03 Å². The molecule has 0 amide bonds. The van der Waals surface area contributed by atoms with Gasteiger partial charge in [-0.1, -0.05) is 104 Å². The Kier molecular flexibility index (Phi) is 22.7. The van der Waals surface area contributed by atoms with Gasteiger partial charge in [-0.25, -0.2) is 0 Å². The summed E-state index contributed by atoms with van der Waals surface area (Å²) in [4.78, 5) is 0. The molecule has 0 saturated heterocycles. The minimum absolute atomic E-state index is 0.730. The zero-order valence-electron chi connectivity index (χ0n) is 16.0. The Morgan fingerprint density at radius 2 is 0.739 bits per heavy atom. The molecule has 0 spiro atoms. The molecule has 139 valence electrons. The minimum atomic E-state index is 0.730. The van der Waals surface area contributed by atoms with Crippen molar-refractivity contribution in [2.45, 2.75) is 117 Å². The quantitative estimate of drug-likeness (QED) is 0.164. The zero-order valence-corrected chi connectivity index (χ0v) is 16.9. The van der Waals surface area contributed by atoms with Gasteiger partial charge in [-0.05, 0) is 12.8 Å². The molecule has 2 nitrogen and oxygen atoms in total. The van der Waals surface area contributed by atoms with Crippen LogP contribution >= 0.6 is 9.03 Å². The third kappa shape index (κ3) is 22.4. The molecule has 23 heavy (non-hydrogen) atoms. The lowest BCUT2D eigenvalue weighted by molar-refractivity contribution is 0.256. The average Bonchev–Trinajstić information content (AvgIpc) is 2.57. The molecule has 0 N–H and O–H groups in total. The highest BCUT2D eigenvalue weighted by atomic mass is 31.1. The van der Waals surface area contributed by atoms with Crippen molar-refractivity contribution in [2.75, 3.05) is 13.2 Å². The van der Waals surface area contributed by atoms with Crippen molar-refractivity contribution in [1.29, 1.82) is 0 Å². The molecule has 0 aromatic carbocycles. The van der Waals surface area contributed by atoms with E-state index in [1.165, 1.54) is 103 Å². The van der Waals surface area contributed by atoms with Crippen LogP contribution in [0.1, 0.15) is 117 Å². The number of rotatable bonds is 20. The molecular formula is C20H42O2P. The van der Waals surface area contributed by atoms with Crippen molar-refractivity contribution < 1.29 is 9.05 Å². The summed E-state index contributed by atoms with van der Waals surface area (Å²) in [5.41, 5.74) is 0. The molecule has 0 heterocycles. The van der Waals surface area contributed by atoms with Gasteiger partial charge in [0.2, 0.25) is 0 Å². The van der Waals surface area contributed by atoms with E-state index in [1.807, 2.05) is 0 Å². The van der Waals surface area contributed by atoms with Crippen molar-refractivity contribution in [1.82, 2.24) is 0 Å². The van der Waals surface area contributed by atoms with Crippen LogP contribution in [0.2, 0.25) is 0 Å². The number of hydrogen-bond acceptors (Lipinski definition) is 2. The van der Waals surface area contributed by atoms with Crippen LogP contribution in [0.3, 0.4) is 0 Å². The van der Waals surface area contributed by atoms with E-state index in [2.05, 4.69) is 13.8 Å². The molecule has 3 heteroatoms. The summed E-state index contributed by atoms with van der Waals surface area (Å²) in [5, 5.41) is 0. The summed E-state index contributed by atoms with van der Waals surface area (Å²) >= 11 is 0. The molecule has 0 aromatic heterocycles. The molecular weight excluding hydrogens is 303 g/mol. The lowest BCUT2D eigenvalue weighted by Gasteiger charge is -2.04. The Bertz CT molecular complexity index is 180. The van der Waals surface area contributed by atoms with E-state index < -0.39 is 0 Å². The summed E-state index contributed by atoms with van der Waals surface area (Å²) in [6.45, 7) is 6.25. The van der Waals surface area contributed by atoms with Crippen LogP contribution in [0.25, 0.3) is 0 Å². The monoisotopic (exact) mass is 345 g/mol. The highest BCUT2D eigenvalue weighted by Gasteiger charge is 1.95. The van der Waals surface area contributed by atoms with E-state index in [0.717, 1.165) is 22.2 Å². The molecule has 0 aromatic rings. The third-order valence-corrected chi connectivity index (χ3v) is 4.86. The van der Waals surface area contributed by atoms with Crippen molar-refractivity contribution in [3.63, 3.8) is 0 Å². The molecule has 0 aliphatic carbocycles. The van der Waals surface area contributed by atoms with Gasteiger partial charge in [-0.2, -0.15) is 0 Å². The standard InChI is InChI=1S/C20H42O2P/c1-3-5-7-9-11-13-15-17-19-21-23-22-20-18-16-14-12-10-8-6-4-2/h3-20H2,1-2H3. The molecule has 0 atom stereocenters. The van der Waals surface area contributed by atoms with E-state index >= 15 is 0 Å². The number of unbranched alkanes of at least 4 members (excludes halogenated alkanes) is 14. The fraction of sp³-hybridized carbons (Fsp3) is 1.00. The fourth-order valence-electron chi connectivity index (χ4n) is 2.71. The van der Waals surface area contributed by atoms with Crippen molar-refractivity contribution in [2.24, 2.45) is 0 Å². The van der Waals surface area contributed by atoms with Crippen molar-refractivity contribution in [3.05, 3.63) is 0 Å². The Morgan fingerprint density at radius 3 is 1.09 bits per heavy atom. The molecule has 0 unspecified atom stereocenters. The van der Waals surface area contributed by atoms with Crippen LogP contribution in [-0.4, -0.2) is 13.2 Å². The second-order valence-electron chi connectivity index (χ2n) is 6.69. The molecule has 0 bridgehead atoms. The summed E-state index contributed by atoms with van der Waals surface area (Å²) in [6.07, 6.45) is 21.6. The Morgan fingerprint density at radius 1 is 0.435 bits per heavy atom. The van der Waals surface area contributed by atoms with Crippen LogP contribution in [0.5, 0.6) is 0 Å². The van der Waals surface area contributed by atoms with Crippen LogP contribution < -0.4 is 0 Å². The summed E-state index contributed by atoms with van der Waals surface area (Å²) in [7, 11) is 0.730. The Balaban J connectivity index is 2.92. The van der Waals surface area contributed by atoms with Crippen LogP contribution in [0.4, 0.5) is 0 Å². The first kappa shape index (κ1) is 23.4. The van der Waals surface area contributed by atoms with E-state index in [1.54, 1.807) is 0 Å². The first-order chi connectivity index (χ1) is 11.4. The maximum absolute atomic E-state index is 5.50. The van der Waals surface area contributed by atoms with E-state index in [4.69, 9.17) is 9.05 Å². The predicted octanol–water partition coefficient (Wildman–Crippen LogP) is 8.08. The van der Waals surface area contributed by atoms with E-state index in [-0.39, 0.29) is 0 Å². The lowest BCUT2D eigenvalue weighted by atomic mass is 10.1. The van der Waals surface area contributed by atoms with Crippen LogP contribution in [-0.2, 0) is 9.05 Å². The topological polar surface area (TPSA) is 18.5 Å². The van der Waals surface area contributed by atoms with Gasteiger partial charge < -0.3 is 9.05 Å². The highest BCUT2D eigenvalue weighted by Crippen LogP contribution is 2.17. The normalized spacial score (nSPS) is 11.2. The summed E-state index contributed by atoms with van der Waals surface area (Å²) in [5.74, 6) is 0. The van der Waals surface area contributed by atoms with E-state index in [0.29, 0.717) is 0 Å². The van der Waals surface area contributed by atoms with E-state index in [9.17, 15) is 0 Å². The second-order valence-corrected chi connectivity index (χ2v) is 7.36. The van der Waals surface area contributed by atoms with Gasteiger partial charge in [-0.3, -0.25) is 0 Å². The van der Waals surface area contributed by atoms with Gasteiger partial charge in [-0.15, -0.1) is 0 Å². The first-order valence-electron chi connectivity index (χ1n) is 10.4. The SMILES string of the molecule is CCCCCCCCCCO[P]OCCCCCCCCCC. The Labute approximate surface area is 148 Å². The van der Waals surface area contributed by atoms with Gasteiger partial charge in [0.05, 0.1) is 13.2 Å². The first-order valence-corrected chi connectivity index (χ1v) is 11.1. The lowest BCUT2D eigenvalue weighted by Crippen LogP contribution is -1.90. The predicted molar refractivity (Wildman–Crippen MR) is 104 cm³/mol. The van der Waals surface area contributed by atoms with Gasteiger partial charge in [0.15, 0.2) is 0 Å². The summed E-state index contributed by atoms with van der Waals surface area (Å²) < 4.78 is 11.0. The highest BCUT2D eigenvalue weighted by molar-refractivity contribution is 7.26. The Hall–Kier alpha value is 0.350. The third-order valence-electron chi connectivity index (χ3n) is 4.28. The van der Waals surface area contributed by atoms with Crippen molar-refractivity contribution in [3.8, 4) is 0 Å². The van der Waals surface area contributed by atoms with Gasteiger partial charge in [0.25, 0.3) is 9.03 Å². The average molecular weight is 346 g/mol. The number of hydrogen-bond donors (Lipinski definition) is 0. The van der Waals surface area contributed by atoms with Crippen LogP contribution in [0, 0.1) is 0 Å². The smallest absolute Gasteiger partial charge is 0.256 e. The molecule has 0 aliphatic heterocycles. The molecule has 0 rings (SSSR count). The zero-order chi connectivity index (χ0) is 16.8. The molecule has 0 saturated carbocycles.